The van der Waals surface area contributed by atoms with Gasteiger partial charge < -0.3 is 5.73 Å². The summed E-state index contributed by atoms with van der Waals surface area (Å²) in [5.41, 5.74) is 6.99. The van der Waals surface area contributed by atoms with E-state index in [1.807, 2.05) is 18.2 Å². The van der Waals surface area contributed by atoms with Crippen molar-refractivity contribution in [3.8, 4) is 0 Å². The lowest BCUT2D eigenvalue weighted by molar-refractivity contribution is 1.30. The number of hydrogen-bond acceptors (Lipinski definition) is 3. The molecule has 0 amide bonds. The van der Waals surface area contributed by atoms with Gasteiger partial charge in [0.05, 0.1) is 11.0 Å². The van der Waals surface area contributed by atoms with E-state index in [1.165, 1.54) is 0 Å². The molecule has 13 heavy (non-hydrogen) atoms. The van der Waals surface area contributed by atoms with Gasteiger partial charge in [-0.25, -0.2) is 9.97 Å². The number of nitrogens with two attached hydrogens (primary N) is 1. The largest absolute Gasteiger partial charge is 0.381 e. The molecule has 5 heteroatoms. The van der Waals surface area contributed by atoms with Crippen molar-refractivity contribution in [2.75, 3.05) is 5.73 Å². The summed E-state index contributed by atoms with van der Waals surface area (Å²) in [4.78, 5) is 8.16. The minimum absolute atomic E-state index is 0.245. The molecule has 3 nitrogen and oxygen atoms in total. The van der Waals surface area contributed by atoms with Crippen LogP contribution in [0.3, 0.4) is 0 Å². The molecule has 0 aliphatic heterocycles. The van der Waals surface area contributed by atoms with Gasteiger partial charge in [0.15, 0.2) is 11.0 Å². The lowest BCUT2D eigenvalue weighted by atomic mass is 10.3. The molecule has 0 aliphatic carbocycles. The van der Waals surface area contributed by atoms with Crippen molar-refractivity contribution in [2.24, 2.45) is 0 Å². The topological polar surface area (TPSA) is 51.8 Å². The Morgan fingerprint density at radius 2 is 2.00 bits per heavy atom. The van der Waals surface area contributed by atoms with Crippen LogP contribution in [0.5, 0.6) is 0 Å². The number of benzene rings is 1. The zero-order valence-electron chi connectivity index (χ0n) is 6.46. The van der Waals surface area contributed by atoms with Crippen LogP contribution in [0.4, 0.5) is 5.82 Å². The maximum atomic E-state index is 5.72. The third kappa shape index (κ3) is 1.59. The van der Waals surface area contributed by atoms with Gasteiger partial charge in [0, 0.05) is 4.47 Å². The average Bonchev–Trinajstić information content (AvgIpc) is 2.08. The number of aromatic nitrogens is 2. The summed E-state index contributed by atoms with van der Waals surface area (Å²) in [5, 5.41) is 0.245. The van der Waals surface area contributed by atoms with Gasteiger partial charge in [0.2, 0.25) is 0 Å². The van der Waals surface area contributed by atoms with Gasteiger partial charge in [0.25, 0.3) is 0 Å². The minimum Gasteiger partial charge on any atom is -0.381 e. The third-order valence-electron chi connectivity index (χ3n) is 1.61. The molecule has 1 aromatic carbocycles. The lowest BCUT2D eigenvalue weighted by Gasteiger charge is -2.00. The van der Waals surface area contributed by atoms with Crippen LogP contribution in [0.15, 0.2) is 22.7 Å². The van der Waals surface area contributed by atoms with Crippen LogP contribution < -0.4 is 5.73 Å². The van der Waals surface area contributed by atoms with Crippen molar-refractivity contribution < 1.29 is 0 Å². The van der Waals surface area contributed by atoms with E-state index in [0.717, 1.165) is 15.5 Å². The summed E-state index contributed by atoms with van der Waals surface area (Å²) < 4.78 is 0.941. The SMILES string of the molecule is Nc1nc2cc(Br)ccc2nc1Cl. The monoisotopic (exact) mass is 257 g/mol. The summed E-state index contributed by atoms with van der Waals surface area (Å²) >= 11 is 9.05. The molecule has 0 radical (unpaired) electrons. The first-order valence-corrected chi connectivity index (χ1v) is 4.72. The number of nitrogen functional groups attached to an aromatic ring is 1. The Kier molecular flexibility index (Phi) is 2.09. The van der Waals surface area contributed by atoms with Crippen LogP contribution in [0.1, 0.15) is 0 Å². The lowest BCUT2D eigenvalue weighted by Crippen LogP contribution is -1.94. The van der Waals surface area contributed by atoms with Crippen molar-refractivity contribution in [1.82, 2.24) is 9.97 Å². The molecule has 2 N–H and O–H groups in total. The molecule has 0 spiro atoms. The molecule has 0 unspecified atom stereocenters. The molecule has 1 aromatic heterocycles. The molecular formula is C8H5BrClN3. The second kappa shape index (κ2) is 3.12. The van der Waals surface area contributed by atoms with Gasteiger partial charge in [-0.3, -0.25) is 0 Å². The second-order valence-electron chi connectivity index (χ2n) is 2.53. The molecule has 0 atom stereocenters. The Morgan fingerprint density at radius 1 is 1.23 bits per heavy atom. The van der Waals surface area contributed by atoms with Gasteiger partial charge in [0.1, 0.15) is 0 Å². The Hall–Kier alpha value is -0.870. The molecular weight excluding hydrogens is 253 g/mol. The number of halogens is 2. The molecule has 0 fully saturated rings. The average molecular weight is 259 g/mol. The van der Waals surface area contributed by atoms with Crippen molar-refractivity contribution in [1.29, 1.82) is 0 Å². The molecule has 0 saturated carbocycles. The first kappa shape index (κ1) is 8.72. The number of hydrogen-bond donors (Lipinski definition) is 1. The van der Waals surface area contributed by atoms with E-state index in [0.29, 0.717) is 0 Å². The highest BCUT2D eigenvalue weighted by Gasteiger charge is 2.02. The summed E-state index contributed by atoms with van der Waals surface area (Å²) in [5.74, 6) is 0.257. The first-order valence-electron chi connectivity index (χ1n) is 3.55. The molecule has 0 saturated heterocycles. The number of nitrogens with zero attached hydrogens (tertiary/aromatic N) is 2. The van der Waals surface area contributed by atoms with Crippen LogP contribution in [0.2, 0.25) is 5.15 Å². The first-order chi connectivity index (χ1) is 6.16. The van der Waals surface area contributed by atoms with E-state index in [-0.39, 0.29) is 11.0 Å². The highest BCUT2D eigenvalue weighted by Crippen LogP contribution is 2.21. The van der Waals surface area contributed by atoms with Crippen molar-refractivity contribution >= 4 is 44.4 Å². The number of anilines is 1. The van der Waals surface area contributed by atoms with Crippen molar-refractivity contribution in [3.05, 3.63) is 27.8 Å². The van der Waals surface area contributed by atoms with Crippen LogP contribution in [-0.4, -0.2) is 9.97 Å². The molecule has 66 valence electrons. The maximum Gasteiger partial charge on any atom is 0.171 e. The van der Waals surface area contributed by atoms with Gasteiger partial charge in [-0.2, -0.15) is 0 Å². The standard InChI is InChI=1S/C8H5BrClN3/c9-4-1-2-5-6(3-4)13-8(11)7(10)12-5/h1-3H,(H2,11,13). The molecule has 1 heterocycles. The van der Waals surface area contributed by atoms with Crippen LogP contribution >= 0.6 is 27.5 Å². The Morgan fingerprint density at radius 3 is 2.77 bits per heavy atom. The fraction of sp³-hybridized carbons (Fsp3) is 0. The number of rotatable bonds is 0. The fourth-order valence-corrected chi connectivity index (χ4v) is 1.50. The summed E-state index contributed by atoms with van der Waals surface area (Å²) in [7, 11) is 0. The summed E-state index contributed by atoms with van der Waals surface area (Å²) in [6, 6.07) is 5.55. The molecule has 0 aliphatic rings. The van der Waals surface area contributed by atoms with Crippen LogP contribution in [0, 0.1) is 0 Å². The van der Waals surface area contributed by atoms with E-state index < -0.39 is 0 Å². The van der Waals surface area contributed by atoms with Crippen LogP contribution in [-0.2, 0) is 0 Å². The molecule has 2 aromatic rings. The Labute approximate surface area is 88.1 Å². The molecule has 2 rings (SSSR count). The third-order valence-corrected chi connectivity index (χ3v) is 2.38. The highest BCUT2D eigenvalue weighted by molar-refractivity contribution is 9.10. The van der Waals surface area contributed by atoms with E-state index in [1.54, 1.807) is 0 Å². The normalized spacial score (nSPS) is 10.6. The summed E-state index contributed by atoms with van der Waals surface area (Å²) in [6.07, 6.45) is 0. The predicted octanol–water partition coefficient (Wildman–Crippen LogP) is 2.63. The Balaban J connectivity index is 2.81. The van der Waals surface area contributed by atoms with E-state index in [2.05, 4.69) is 25.9 Å². The van der Waals surface area contributed by atoms with Crippen LogP contribution in [0.25, 0.3) is 11.0 Å². The quantitative estimate of drug-likeness (QED) is 0.790. The van der Waals surface area contributed by atoms with Crippen molar-refractivity contribution in [3.63, 3.8) is 0 Å². The van der Waals surface area contributed by atoms with E-state index >= 15 is 0 Å². The molecule has 0 bridgehead atoms. The minimum atomic E-state index is 0.245. The Bertz CT molecular complexity index is 472. The van der Waals surface area contributed by atoms with Crippen molar-refractivity contribution in [2.45, 2.75) is 0 Å². The fourth-order valence-electron chi connectivity index (χ4n) is 1.02. The predicted molar refractivity (Wildman–Crippen MR) is 56.7 cm³/mol. The zero-order valence-corrected chi connectivity index (χ0v) is 8.80. The number of fused-ring (bicyclic) bond motifs is 1. The van der Waals surface area contributed by atoms with E-state index in [9.17, 15) is 0 Å². The summed E-state index contributed by atoms with van der Waals surface area (Å²) in [6.45, 7) is 0. The highest BCUT2D eigenvalue weighted by atomic mass is 79.9. The smallest absolute Gasteiger partial charge is 0.171 e. The van der Waals surface area contributed by atoms with Gasteiger partial charge in [-0.1, -0.05) is 27.5 Å². The van der Waals surface area contributed by atoms with E-state index in [4.69, 9.17) is 17.3 Å². The maximum absolute atomic E-state index is 5.72. The second-order valence-corrected chi connectivity index (χ2v) is 3.81. The van der Waals surface area contributed by atoms with Gasteiger partial charge >= 0.3 is 0 Å². The zero-order chi connectivity index (χ0) is 9.42. The van der Waals surface area contributed by atoms with Gasteiger partial charge in [-0.05, 0) is 18.2 Å². The van der Waals surface area contributed by atoms with Gasteiger partial charge in [-0.15, -0.1) is 0 Å².